The number of hydrogen-bond donors (Lipinski definition) is 1. The summed E-state index contributed by atoms with van der Waals surface area (Å²) in [4.78, 5) is 17.2. The number of rotatable bonds is 4. The van der Waals surface area contributed by atoms with E-state index in [1.807, 2.05) is 0 Å². The van der Waals surface area contributed by atoms with Crippen molar-refractivity contribution in [3.8, 4) is 0 Å². The highest BCUT2D eigenvalue weighted by Gasteiger charge is 2.27. The molecule has 138 valence electrons. The van der Waals surface area contributed by atoms with Crippen molar-refractivity contribution in [3.63, 3.8) is 0 Å². The lowest BCUT2D eigenvalue weighted by Crippen LogP contribution is -2.46. The second-order valence-electron chi connectivity index (χ2n) is 6.70. The molecule has 2 heterocycles. The lowest BCUT2D eigenvalue weighted by molar-refractivity contribution is 0.0736. The number of hydrogen-bond acceptors (Lipinski definition) is 5. The van der Waals surface area contributed by atoms with Crippen molar-refractivity contribution in [1.82, 2.24) is 14.5 Å². The monoisotopic (exact) mass is 366 g/mol. The van der Waals surface area contributed by atoms with Gasteiger partial charge in [-0.1, -0.05) is 0 Å². The zero-order chi connectivity index (χ0) is 18.0. The van der Waals surface area contributed by atoms with Crippen molar-refractivity contribution in [2.75, 3.05) is 58.3 Å². The van der Waals surface area contributed by atoms with Gasteiger partial charge in [-0.15, -0.1) is 0 Å². The molecule has 3 rings (SSSR count). The second kappa shape index (κ2) is 7.31. The molecule has 1 aromatic carbocycles. The summed E-state index contributed by atoms with van der Waals surface area (Å²) in [5.41, 5.74) is 1.34. The molecule has 2 fully saturated rings. The largest absolute Gasteiger partial charge is 0.371 e. The van der Waals surface area contributed by atoms with Crippen LogP contribution in [-0.4, -0.2) is 76.9 Å². The summed E-state index contributed by atoms with van der Waals surface area (Å²) in [6.45, 7) is 4.62. The second-order valence-corrected chi connectivity index (χ2v) is 8.85. The Morgan fingerprint density at radius 2 is 1.72 bits per heavy atom. The highest BCUT2D eigenvalue weighted by Crippen LogP contribution is 2.29. The fraction of sp³-hybridized carbons (Fsp3) is 0.588. The molecule has 7 nitrogen and oxygen atoms in total. The molecule has 2 aliphatic heterocycles. The van der Waals surface area contributed by atoms with E-state index in [1.165, 1.54) is 18.4 Å². The van der Waals surface area contributed by atoms with Crippen molar-refractivity contribution < 1.29 is 13.2 Å². The van der Waals surface area contributed by atoms with E-state index in [0.717, 1.165) is 44.7 Å². The zero-order valence-electron chi connectivity index (χ0n) is 14.9. The molecule has 0 unspecified atom stereocenters. The van der Waals surface area contributed by atoms with Gasteiger partial charge in [-0.3, -0.25) is 4.79 Å². The molecule has 0 bridgehead atoms. The Hall–Kier alpha value is -1.64. The van der Waals surface area contributed by atoms with E-state index in [2.05, 4.69) is 10.2 Å². The zero-order valence-corrected chi connectivity index (χ0v) is 15.7. The number of anilines is 1. The van der Waals surface area contributed by atoms with E-state index in [4.69, 9.17) is 0 Å². The molecule has 2 aliphatic rings. The molecular formula is C17H26N4O3S. The van der Waals surface area contributed by atoms with E-state index in [-0.39, 0.29) is 10.8 Å². The van der Waals surface area contributed by atoms with E-state index in [1.54, 1.807) is 23.1 Å². The van der Waals surface area contributed by atoms with Crippen LogP contribution in [0, 0.1) is 0 Å². The first kappa shape index (κ1) is 18.2. The number of benzene rings is 1. The maximum absolute atomic E-state index is 13.1. The fourth-order valence-electron chi connectivity index (χ4n) is 3.33. The standard InChI is InChI=1S/C17H26N4O3S/c1-19(2)25(23,24)14-5-6-16(20-9-3-4-10-20)15(13-14)17(22)21-11-7-18-8-12-21/h5-6,13,18H,3-4,7-12H2,1-2H3. The topological polar surface area (TPSA) is 73.0 Å². The van der Waals surface area contributed by atoms with Crippen LogP contribution in [0.1, 0.15) is 23.2 Å². The molecule has 0 aromatic heterocycles. The molecule has 2 saturated heterocycles. The first-order valence-electron chi connectivity index (χ1n) is 8.73. The SMILES string of the molecule is CN(C)S(=O)(=O)c1ccc(N2CCCC2)c(C(=O)N2CCNCC2)c1. The number of carbonyl (C=O) groups is 1. The summed E-state index contributed by atoms with van der Waals surface area (Å²) in [5.74, 6) is -0.0841. The molecule has 25 heavy (non-hydrogen) atoms. The molecule has 1 N–H and O–H groups in total. The molecule has 0 spiro atoms. The maximum atomic E-state index is 13.1. The number of nitrogens with one attached hydrogen (secondary N) is 1. The first-order valence-corrected chi connectivity index (χ1v) is 10.2. The normalized spacial score (nSPS) is 18.8. The van der Waals surface area contributed by atoms with Crippen LogP contribution < -0.4 is 10.2 Å². The Labute approximate surface area is 149 Å². The third-order valence-electron chi connectivity index (χ3n) is 4.83. The van der Waals surface area contributed by atoms with Crippen LogP contribution in [0.25, 0.3) is 0 Å². The summed E-state index contributed by atoms with van der Waals surface area (Å²) >= 11 is 0. The lowest BCUT2D eigenvalue weighted by Gasteiger charge is -2.30. The minimum absolute atomic E-state index is 0.0841. The summed E-state index contributed by atoms with van der Waals surface area (Å²) in [6, 6.07) is 4.95. The maximum Gasteiger partial charge on any atom is 0.256 e. The van der Waals surface area contributed by atoms with Gasteiger partial charge in [0.1, 0.15) is 0 Å². The lowest BCUT2D eigenvalue weighted by atomic mass is 10.1. The number of nitrogens with zero attached hydrogens (tertiary/aromatic N) is 3. The van der Waals surface area contributed by atoms with Crippen LogP contribution in [0.5, 0.6) is 0 Å². The van der Waals surface area contributed by atoms with Gasteiger partial charge in [-0.2, -0.15) is 0 Å². The Morgan fingerprint density at radius 1 is 1.08 bits per heavy atom. The van der Waals surface area contributed by atoms with E-state index in [9.17, 15) is 13.2 Å². The van der Waals surface area contributed by atoms with Gasteiger partial charge in [0, 0.05) is 59.1 Å². The molecule has 8 heteroatoms. The van der Waals surface area contributed by atoms with Crippen LogP contribution >= 0.6 is 0 Å². The molecular weight excluding hydrogens is 340 g/mol. The van der Waals surface area contributed by atoms with Crippen LogP contribution in [0.15, 0.2) is 23.1 Å². The number of carbonyl (C=O) groups excluding carboxylic acids is 1. The van der Waals surface area contributed by atoms with Gasteiger partial charge in [-0.05, 0) is 31.0 Å². The van der Waals surface area contributed by atoms with Crippen molar-refractivity contribution in [2.45, 2.75) is 17.7 Å². The summed E-state index contributed by atoms with van der Waals surface area (Å²) < 4.78 is 26.2. The molecule has 1 aromatic rings. The quantitative estimate of drug-likeness (QED) is 0.844. The summed E-state index contributed by atoms with van der Waals surface area (Å²) in [5, 5.41) is 3.23. The van der Waals surface area contributed by atoms with Crippen molar-refractivity contribution >= 4 is 21.6 Å². The summed E-state index contributed by atoms with van der Waals surface area (Å²) in [6.07, 6.45) is 2.19. The van der Waals surface area contributed by atoms with Crippen LogP contribution in [0.2, 0.25) is 0 Å². The van der Waals surface area contributed by atoms with Crippen molar-refractivity contribution in [1.29, 1.82) is 0 Å². The molecule has 0 atom stereocenters. The van der Waals surface area contributed by atoms with Crippen LogP contribution in [0.4, 0.5) is 5.69 Å². The van der Waals surface area contributed by atoms with E-state index < -0.39 is 10.0 Å². The van der Waals surface area contributed by atoms with E-state index >= 15 is 0 Å². The molecule has 0 saturated carbocycles. The Balaban J connectivity index is 2.02. The predicted molar refractivity (Wildman–Crippen MR) is 97.5 cm³/mol. The Morgan fingerprint density at radius 3 is 2.32 bits per heavy atom. The smallest absolute Gasteiger partial charge is 0.256 e. The van der Waals surface area contributed by atoms with Gasteiger partial charge >= 0.3 is 0 Å². The van der Waals surface area contributed by atoms with Crippen molar-refractivity contribution in [2.24, 2.45) is 0 Å². The van der Waals surface area contributed by atoms with Gasteiger partial charge in [-0.25, -0.2) is 12.7 Å². The van der Waals surface area contributed by atoms with Gasteiger partial charge in [0.15, 0.2) is 0 Å². The first-order chi connectivity index (χ1) is 11.9. The van der Waals surface area contributed by atoms with Gasteiger partial charge in [0.25, 0.3) is 5.91 Å². The minimum Gasteiger partial charge on any atom is -0.371 e. The number of sulfonamides is 1. The third kappa shape index (κ3) is 3.65. The average Bonchev–Trinajstić information content (AvgIpc) is 3.15. The average molecular weight is 366 g/mol. The van der Waals surface area contributed by atoms with Crippen LogP contribution in [-0.2, 0) is 10.0 Å². The predicted octanol–water partition coefficient (Wildman–Crippen LogP) is 0.583. The van der Waals surface area contributed by atoms with Gasteiger partial charge in [0.05, 0.1) is 10.5 Å². The molecule has 0 radical (unpaired) electrons. The van der Waals surface area contributed by atoms with Crippen molar-refractivity contribution in [3.05, 3.63) is 23.8 Å². The number of piperazine rings is 1. The Kier molecular flexibility index (Phi) is 5.31. The molecule has 0 aliphatic carbocycles. The molecule has 1 amide bonds. The highest BCUT2D eigenvalue weighted by molar-refractivity contribution is 7.89. The van der Waals surface area contributed by atoms with E-state index in [0.29, 0.717) is 18.7 Å². The third-order valence-corrected chi connectivity index (χ3v) is 6.64. The summed E-state index contributed by atoms with van der Waals surface area (Å²) in [7, 11) is -0.569. The number of amides is 1. The minimum atomic E-state index is -3.57. The van der Waals surface area contributed by atoms with Crippen LogP contribution in [0.3, 0.4) is 0 Å². The Bertz CT molecular complexity index is 736. The highest BCUT2D eigenvalue weighted by atomic mass is 32.2. The van der Waals surface area contributed by atoms with Gasteiger partial charge in [0.2, 0.25) is 10.0 Å². The fourth-order valence-corrected chi connectivity index (χ4v) is 4.26. The van der Waals surface area contributed by atoms with Gasteiger partial charge < -0.3 is 15.1 Å².